The molecule has 0 aliphatic heterocycles. The Labute approximate surface area is 117 Å². The number of carbonyl (C=O) groups is 1. The number of benzene rings is 2. The number of carbonyl (C=O) groups excluding carboxylic acids is 1. The molecule has 0 saturated heterocycles. The summed E-state index contributed by atoms with van der Waals surface area (Å²) >= 11 is 0. The van der Waals surface area contributed by atoms with Gasteiger partial charge in [-0.15, -0.1) is 12.4 Å². The molecule has 0 spiro atoms. The van der Waals surface area contributed by atoms with Crippen LogP contribution in [0.3, 0.4) is 0 Å². The minimum atomic E-state index is -0.400. The molecular formula is C15H14ClFO2. The Bertz CT molecular complexity index is 555. The molecule has 0 amide bonds. The molecule has 2 nitrogen and oxygen atoms in total. The molecule has 4 heteroatoms. The predicted octanol–water partition coefficient (Wildman–Crippen LogP) is 4.23. The van der Waals surface area contributed by atoms with Crippen molar-refractivity contribution in [2.75, 3.05) is 0 Å². The second-order valence-electron chi connectivity index (χ2n) is 3.84. The molecule has 2 aromatic rings. The van der Waals surface area contributed by atoms with Crippen LogP contribution in [0.1, 0.15) is 13.3 Å². The fourth-order valence-electron chi connectivity index (χ4n) is 1.61. The van der Waals surface area contributed by atoms with Crippen LogP contribution < -0.4 is 4.74 Å². The molecule has 0 bridgehead atoms. The van der Waals surface area contributed by atoms with Crippen LogP contribution in [0.25, 0.3) is 11.1 Å². The van der Waals surface area contributed by atoms with Crippen LogP contribution in [0.15, 0.2) is 48.5 Å². The van der Waals surface area contributed by atoms with Crippen molar-refractivity contribution in [3.05, 3.63) is 54.3 Å². The maximum absolute atomic E-state index is 13.9. The molecule has 2 rings (SSSR count). The van der Waals surface area contributed by atoms with Crippen LogP contribution in [0.4, 0.5) is 4.39 Å². The Morgan fingerprint density at radius 3 is 2.42 bits per heavy atom. The number of ether oxygens (including phenoxy) is 1. The highest BCUT2D eigenvalue weighted by molar-refractivity contribution is 5.85. The van der Waals surface area contributed by atoms with Crippen LogP contribution in [0.5, 0.6) is 5.75 Å². The molecule has 0 aliphatic rings. The Balaban J connectivity index is 0.00000180. The zero-order valence-corrected chi connectivity index (χ0v) is 11.2. The lowest BCUT2D eigenvalue weighted by Gasteiger charge is -2.06. The van der Waals surface area contributed by atoms with Gasteiger partial charge in [-0.1, -0.05) is 37.3 Å². The fraction of sp³-hybridized carbons (Fsp3) is 0.133. The topological polar surface area (TPSA) is 26.3 Å². The van der Waals surface area contributed by atoms with Crippen molar-refractivity contribution in [3.8, 4) is 16.9 Å². The van der Waals surface area contributed by atoms with Crippen LogP contribution >= 0.6 is 12.4 Å². The molecule has 0 atom stereocenters. The van der Waals surface area contributed by atoms with E-state index >= 15 is 0 Å². The van der Waals surface area contributed by atoms with E-state index < -0.39 is 5.82 Å². The van der Waals surface area contributed by atoms with Crippen molar-refractivity contribution in [3.63, 3.8) is 0 Å². The van der Waals surface area contributed by atoms with Gasteiger partial charge in [0.05, 0.1) is 0 Å². The normalized spacial score (nSPS) is 9.58. The number of hydrogen-bond donors (Lipinski definition) is 0. The predicted molar refractivity (Wildman–Crippen MR) is 75.0 cm³/mol. The van der Waals surface area contributed by atoms with Crippen LogP contribution in [-0.2, 0) is 4.79 Å². The van der Waals surface area contributed by atoms with E-state index in [4.69, 9.17) is 4.74 Å². The molecule has 0 aliphatic carbocycles. The van der Waals surface area contributed by atoms with E-state index in [1.54, 1.807) is 19.1 Å². The first-order valence-corrected chi connectivity index (χ1v) is 5.76. The second kappa shape index (κ2) is 6.90. The van der Waals surface area contributed by atoms with E-state index in [1.165, 1.54) is 6.07 Å². The van der Waals surface area contributed by atoms with Crippen LogP contribution in [0.2, 0.25) is 0 Å². The monoisotopic (exact) mass is 280 g/mol. The Kier molecular flexibility index (Phi) is 5.52. The lowest BCUT2D eigenvalue weighted by Crippen LogP contribution is -2.05. The summed E-state index contributed by atoms with van der Waals surface area (Å²) in [5, 5.41) is 0. The third-order valence-corrected chi connectivity index (χ3v) is 2.55. The largest absolute Gasteiger partial charge is 0.426 e. The summed E-state index contributed by atoms with van der Waals surface area (Å²) in [6.07, 6.45) is 0.266. The lowest BCUT2D eigenvalue weighted by atomic mass is 10.1. The molecule has 0 radical (unpaired) electrons. The van der Waals surface area contributed by atoms with Gasteiger partial charge in [0.25, 0.3) is 0 Å². The van der Waals surface area contributed by atoms with Crippen molar-refractivity contribution in [1.29, 1.82) is 0 Å². The van der Waals surface area contributed by atoms with E-state index in [2.05, 4.69) is 0 Å². The zero-order chi connectivity index (χ0) is 13.0. The van der Waals surface area contributed by atoms with E-state index in [1.807, 2.05) is 30.3 Å². The van der Waals surface area contributed by atoms with Crippen LogP contribution in [-0.4, -0.2) is 5.97 Å². The van der Waals surface area contributed by atoms with Crippen molar-refractivity contribution < 1.29 is 13.9 Å². The first-order valence-electron chi connectivity index (χ1n) is 5.76. The summed E-state index contributed by atoms with van der Waals surface area (Å²) in [4.78, 5) is 11.1. The first kappa shape index (κ1) is 15.2. The van der Waals surface area contributed by atoms with Crippen molar-refractivity contribution >= 4 is 18.4 Å². The van der Waals surface area contributed by atoms with Gasteiger partial charge >= 0.3 is 5.97 Å². The molecule has 19 heavy (non-hydrogen) atoms. The molecule has 100 valence electrons. The van der Waals surface area contributed by atoms with Crippen LogP contribution in [0, 0.1) is 5.82 Å². The Hall–Kier alpha value is -1.87. The van der Waals surface area contributed by atoms with E-state index in [9.17, 15) is 9.18 Å². The first-order chi connectivity index (χ1) is 8.70. The lowest BCUT2D eigenvalue weighted by molar-refractivity contribution is -0.134. The average Bonchev–Trinajstić information content (AvgIpc) is 2.40. The number of esters is 1. The van der Waals surface area contributed by atoms with Crippen molar-refractivity contribution in [1.82, 2.24) is 0 Å². The van der Waals surface area contributed by atoms with Gasteiger partial charge in [-0.05, 0) is 17.7 Å². The molecule has 0 unspecified atom stereocenters. The van der Waals surface area contributed by atoms with E-state index in [0.29, 0.717) is 5.56 Å². The third kappa shape index (κ3) is 3.80. The minimum Gasteiger partial charge on any atom is -0.426 e. The number of rotatable bonds is 3. The highest BCUT2D eigenvalue weighted by Gasteiger charge is 2.08. The molecule has 2 aromatic carbocycles. The smallest absolute Gasteiger partial charge is 0.310 e. The minimum absolute atomic E-state index is 0. The molecule has 0 aromatic heterocycles. The standard InChI is InChI=1S/C15H13FO2.ClH/c1-2-15(17)18-12-8-9-13(14(16)10-12)11-6-4-3-5-7-11;/h3-10H,2H2,1H3;1H. The Morgan fingerprint density at radius 2 is 1.84 bits per heavy atom. The maximum atomic E-state index is 13.9. The second-order valence-corrected chi connectivity index (χ2v) is 3.84. The van der Waals surface area contributed by atoms with Gasteiger partial charge in [-0.25, -0.2) is 4.39 Å². The quantitative estimate of drug-likeness (QED) is 0.621. The van der Waals surface area contributed by atoms with Gasteiger partial charge in [0.15, 0.2) is 0 Å². The SMILES string of the molecule is CCC(=O)Oc1ccc(-c2ccccc2)c(F)c1.Cl. The van der Waals surface area contributed by atoms with Gasteiger partial charge in [0.2, 0.25) is 0 Å². The molecule has 0 fully saturated rings. The van der Waals surface area contributed by atoms with Gasteiger partial charge in [0.1, 0.15) is 11.6 Å². The van der Waals surface area contributed by atoms with E-state index in [-0.39, 0.29) is 30.5 Å². The molecule has 0 N–H and O–H groups in total. The Morgan fingerprint density at radius 1 is 1.16 bits per heavy atom. The molecule has 0 heterocycles. The molecule has 0 saturated carbocycles. The number of halogens is 2. The van der Waals surface area contributed by atoms with Crippen molar-refractivity contribution in [2.45, 2.75) is 13.3 Å². The highest BCUT2D eigenvalue weighted by Crippen LogP contribution is 2.26. The van der Waals surface area contributed by atoms with Gasteiger partial charge in [-0.3, -0.25) is 4.79 Å². The van der Waals surface area contributed by atoms with Gasteiger partial charge < -0.3 is 4.74 Å². The summed E-state index contributed by atoms with van der Waals surface area (Å²) in [6, 6.07) is 13.7. The maximum Gasteiger partial charge on any atom is 0.310 e. The molecular weight excluding hydrogens is 267 g/mol. The summed E-state index contributed by atoms with van der Waals surface area (Å²) in [5.41, 5.74) is 1.29. The summed E-state index contributed by atoms with van der Waals surface area (Å²) in [6.45, 7) is 1.69. The number of hydrogen-bond acceptors (Lipinski definition) is 2. The van der Waals surface area contributed by atoms with Crippen molar-refractivity contribution in [2.24, 2.45) is 0 Å². The zero-order valence-electron chi connectivity index (χ0n) is 10.4. The summed E-state index contributed by atoms with van der Waals surface area (Å²) in [7, 11) is 0. The highest BCUT2D eigenvalue weighted by atomic mass is 35.5. The summed E-state index contributed by atoms with van der Waals surface area (Å²) in [5.74, 6) is -0.538. The van der Waals surface area contributed by atoms with Gasteiger partial charge in [-0.2, -0.15) is 0 Å². The summed E-state index contributed by atoms with van der Waals surface area (Å²) < 4.78 is 18.9. The fourth-order valence-corrected chi connectivity index (χ4v) is 1.61. The third-order valence-electron chi connectivity index (χ3n) is 2.55. The average molecular weight is 281 g/mol. The van der Waals surface area contributed by atoms with E-state index in [0.717, 1.165) is 5.56 Å². The van der Waals surface area contributed by atoms with Gasteiger partial charge in [0, 0.05) is 18.1 Å².